The van der Waals surface area contributed by atoms with E-state index in [1.54, 1.807) is 7.11 Å². The fraction of sp³-hybridized carbons (Fsp3) is 0.533. The number of benzene rings is 1. The quantitative estimate of drug-likeness (QED) is 0.625. The van der Waals surface area contributed by atoms with Gasteiger partial charge in [0.1, 0.15) is 0 Å². The zero-order chi connectivity index (χ0) is 14.6. The highest BCUT2D eigenvalue weighted by atomic mass is 16.5. The zero-order valence-corrected chi connectivity index (χ0v) is 12.0. The van der Waals surface area contributed by atoms with Crippen LogP contribution in [0.1, 0.15) is 17.9 Å². The molecule has 1 amide bonds. The van der Waals surface area contributed by atoms with E-state index in [-0.39, 0.29) is 11.8 Å². The summed E-state index contributed by atoms with van der Waals surface area (Å²) in [6.07, 6.45) is 0.779. The highest BCUT2D eigenvalue weighted by Gasteiger charge is 2.17. The monoisotopic (exact) mass is 280 g/mol. The maximum Gasteiger partial charge on any atom is 0.228 e. The van der Waals surface area contributed by atoms with Crippen molar-refractivity contribution in [1.29, 1.82) is 0 Å². The van der Waals surface area contributed by atoms with Crippen LogP contribution >= 0.6 is 0 Å². The molecule has 1 aromatic rings. The third kappa shape index (κ3) is 6.14. The summed E-state index contributed by atoms with van der Waals surface area (Å²) in [4.78, 5) is 12.1. The van der Waals surface area contributed by atoms with E-state index in [0.717, 1.165) is 12.0 Å². The molecule has 1 unspecified atom stereocenters. The van der Waals surface area contributed by atoms with Gasteiger partial charge in [0, 0.05) is 26.8 Å². The van der Waals surface area contributed by atoms with Crippen LogP contribution in [-0.2, 0) is 14.3 Å². The van der Waals surface area contributed by atoms with Crippen molar-refractivity contribution in [3.8, 4) is 0 Å². The maximum atomic E-state index is 12.1. The molecule has 0 aliphatic rings. The molecular weight excluding hydrogens is 256 g/mol. The van der Waals surface area contributed by atoms with Gasteiger partial charge in [-0.05, 0) is 12.0 Å². The van der Waals surface area contributed by atoms with Crippen molar-refractivity contribution in [3.63, 3.8) is 0 Å². The lowest BCUT2D eigenvalue weighted by Crippen LogP contribution is -2.34. The van der Waals surface area contributed by atoms with E-state index in [2.05, 4.69) is 5.32 Å². The number of hydrogen-bond acceptors (Lipinski definition) is 4. The number of carbonyl (C=O) groups excluding carboxylic acids is 1. The summed E-state index contributed by atoms with van der Waals surface area (Å²) < 4.78 is 10.2. The first-order valence-electron chi connectivity index (χ1n) is 6.89. The molecule has 0 fully saturated rings. The Kier molecular flexibility index (Phi) is 8.62. The van der Waals surface area contributed by atoms with Gasteiger partial charge in [0.2, 0.25) is 5.91 Å². The lowest BCUT2D eigenvalue weighted by molar-refractivity contribution is -0.122. The lowest BCUT2D eigenvalue weighted by atomic mass is 9.98. The number of methoxy groups -OCH3 is 1. The minimum absolute atomic E-state index is 0.0319. The van der Waals surface area contributed by atoms with E-state index in [1.165, 1.54) is 0 Å². The SMILES string of the molecule is COCCOCCCNC(=O)C(CN)c1ccccc1. The Hall–Kier alpha value is -1.43. The van der Waals surface area contributed by atoms with Gasteiger partial charge in [-0.15, -0.1) is 0 Å². The number of ether oxygens (including phenoxy) is 2. The molecule has 0 bridgehead atoms. The van der Waals surface area contributed by atoms with Crippen molar-refractivity contribution in [3.05, 3.63) is 35.9 Å². The van der Waals surface area contributed by atoms with Crippen LogP contribution < -0.4 is 11.1 Å². The third-order valence-electron chi connectivity index (χ3n) is 2.95. The Morgan fingerprint density at radius 3 is 2.65 bits per heavy atom. The Morgan fingerprint density at radius 2 is 2.00 bits per heavy atom. The van der Waals surface area contributed by atoms with Gasteiger partial charge in [-0.3, -0.25) is 4.79 Å². The number of rotatable bonds is 10. The second-order valence-electron chi connectivity index (χ2n) is 4.45. The zero-order valence-electron chi connectivity index (χ0n) is 12.0. The lowest BCUT2D eigenvalue weighted by Gasteiger charge is -2.15. The van der Waals surface area contributed by atoms with Crippen LogP contribution in [-0.4, -0.2) is 45.9 Å². The molecule has 5 nitrogen and oxygen atoms in total. The topological polar surface area (TPSA) is 73.6 Å². The second-order valence-corrected chi connectivity index (χ2v) is 4.45. The number of carbonyl (C=O) groups is 1. The van der Waals surface area contributed by atoms with Crippen LogP contribution in [0.5, 0.6) is 0 Å². The number of nitrogens with one attached hydrogen (secondary N) is 1. The molecule has 5 heteroatoms. The Balaban J connectivity index is 2.24. The largest absolute Gasteiger partial charge is 0.382 e. The van der Waals surface area contributed by atoms with Crippen molar-refractivity contribution in [2.45, 2.75) is 12.3 Å². The number of hydrogen-bond donors (Lipinski definition) is 2. The molecule has 0 spiro atoms. The third-order valence-corrected chi connectivity index (χ3v) is 2.95. The molecule has 1 rings (SSSR count). The van der Waals surface area contributed by atoms with Gasteiger partial charge in [0.15, 0.2) is 0 Å². The fourth-order valence-corrected chi connectivity index (χ4v) is 1.83. The Labute approximate surface area is 120 Å². The Morgan fingerprint density at radius 1 is 1.25 bits per heavy atom. The summed E-state index contributed by atoms with van der Waals surface area (Å²) in [5.41, 5.74) is 6.64. The van der Waals surface area contributed by atoms with Crippen molar-refractivity contribution < 1.29 is 14.3 Å². The van der Waals surface area contributed by atoms with Crippen molar-refractivity contribution in [2.24, 2.45) is 5.73 Å². The standard InChI is InChI=1S/C15H24N2O3/c1-19-10-11-20-9-5-8-17-15(18)14(12-16)13-6-3-2-4-7-13/h2-4,6-7,14H,5,8-12,16H2,1H3,(H,17,18). The summed E-state index contributed by atoms with van der Waals surface area (Å²) in [6.45, 7) is 2.69. The molecule has 0 heterocycles. The van der Waals surface area contributed by atoms with Gasteiger partial charge in [0.25, 0.3) is 0 Å². The van der Waals surface area contributed by atoms with Gasteiger partial charge in [-0.2, -0.15) is 0 Å². The summed E-state index contributed by atoms with van der Waals surface area (Å²) >= 11 is 0. The average Bonchev–Trinajstić information content (AvgIpc) is 2.48. The van der Waals surface area contributed by atoms with Crippen molar-refractivity contribution in [1.82, 2.24) is 5.32 Å². The summed E-state index contributed by atoms with van der Waals surface area (Å²) in [5, 5.41) is 2.89. The van der Waals surface area contributed by atoms with Gasteiger partial charge < -0.3 is 20.5 Å². The minimum Gasteiger partial charge on any atom is -0.382 e. The molecule has 0 radical (unpaired) electrons. The smallest absolute Gasteiger partial charge is 0.228 e. The predicted octanol–water partition coefficient (Wildman–Crippen LogP) is 0.898. The molecule has 0 aliphatic heterocycles. The molecule has 0 saturated carbocycles. The van der Waals surface area contributed by atoms with E-state index >= 15 is 0 Å². The molecule has 20 heavy (non-hydrogen) atoms. The van der Waals surface area contributed by atoms with Gasteiger partial charge >= 0.3 is 0 Å². The fourth-order valence-electron chi connectivity index (χ4n) is 1.83. The summed E-state index contributed by atoms with van der Waals surface area (Å²) in [6, 6.07) is 9.59. The highest BCUT2D eigenvalue weighted by molar-refractivity contribution is 5.83. The van der Waals surface area contributed by atoms with Crippen molar-refractivity contribution in [2.75, 3.05) is 40.0 Å². The van der Waals surface area contributed by atoms with Crippen LogP contribution in [0.15, 0.2) is 30.3 Å². The van der Waals surface area contributed by atoms with Crippen LogP contribution in [0, 0.1) is 0 Å². The van der Waals surface area contributed by atoms with Crippen LogP contribution in [0.2, 0.25) is 0 Å². The highest BCUT2D eigenvalue weighted by Crippen LogP contribution is 2.13. The van der Waals surface area contributed by atoms with E-state index < -0.39 is 0 Å². The van der Waals surface area contributed by atoms with Gasteiger partial charge in [-0.1, -0.05) is 30.3 Å². The molecule has 0 aromatic heterocycles. The second kappa shape index (κ2) is 10.4. The van der Waals surface area contributed by atoms with Gasteiger partial charge in [-0.25, -0.2) is 0 Å². The van der Waals surface area contributed by atoms with E-state index in [0.29, 0.717) is 32.9 Å². The van der Waals surface area contributed by atoms with E-state index in [4.69, 9.17) is 15.2 Å². The first-order valence-corrected chi connectivity index (χ1v) is 6.89. The maximum absolute atomic E-state index is 12.1. The van der Waals surface area contributed by atoms with Crippen LogP contribution in [0.25, 0.3) is 0 Å². The molecule has 112 valence electrons. The number of amides is 1. The molecule has 0 saturated heterocycles. The first-order chi connectivity index (χ1) is 9.79. The van der Waals surface area contributed by atoms with Crippen LogP contribution in [0.4, 0.5) is 0 Å². The Bertz CT molecular complexity index is 371. The first kappa shape index (κ1) is 16.6. The van der Waals surface area contributed by atoms with Crippen molar-refractivity contribution >= 4 is 5.91 Å². The summed E-state index contributed by atoms with van der Waals surface area (Å²) in [7, 11) is 1.64. The molecule has 1 atom stereocenters. The average molecular weight is 280 g/mol. The molecule has 0 aliphatic carbocycles. The van der Waals surface area contributed by atoms with E-state index in [1.807, 2.05) is 30.3 Å². The normalized spacial score (nSPS) is 12.1. The summed E-state index contributed by atoms with van der Waals surface area (Å²) in [5.74, 6) is -0.318. The van der Waals surface area contributed by atoms with E-state index in [9.17, 15) is 4.79 Å². The molecule has 3 N–H and O–H groups in total. The minimum atomic E-state index is -0.286. The number of nitrogens with two attached hydrogens (primary N) is 1. The molecule has 1 aromatic carbocycles. The van der Waals surface area contributed by atoms with Crippen LogP contribution in [0.3, 0.4) is 0 Å². The predicted molar refractivity (Wildman–Crippen MR) is 78.6 cm³/mol. The molecular formula is C15H24N2O3. The van der Waals surface area contributed by atoms with Gasteiger partial charge in [0.05, 0.1) is 19.1 Å².